The summed E-state index contributed by atoms with van der Waals surface area (Å²) < 4.78 is 13.1. The average molecular weight is 363 g/mol. The lowest BCUT2D eigenvalue weighted by Gasteiger charge is -2.37. The van der Waals surface area contributed by atoms with Crippen molar-refractivity contribution in [2.75, 3.05) is 44.2 Å². The molecule has 1 aliphatic heterocycles. The highest BCUT2D eigenvalue weighted by atomic mass is 19.1. The first-order valence-electron chi connectivity index (χ1n) is 9.32. The summed E-state index contributed by atoms with van der Waals surface area (Å²) in [5.41, 5.74) is 1.04. The number of guanidine groups is 1. The number of halogens is 1. The van der Waals surface area contributed by atoms with E-state index in [-0.39, 0.29) is 17.8 Å². The molecule has 2 rings (SSSR count). The number of benzene rings is 1. The van der Waals surface area contributed by atoms with Gasteiger partial charge in [0.25, 0.3) is 0 Å². The van der Waals surface area contributed by atoms with Gasteiger partial charge in [-0.05, 0) is 45.0 Å². The minimum absolute atomic E-state index is 0.0285. The standard InChI is InChI=1S/C19H30FN5O/c1-4-21-19(22-10-9-18(26)23-15(2)3)25-13-11-24(12-14-25)17-7-5-16(20)6-8-17/h5-8,15H,4,9-14H2,1-3H3,(H,21,22)(H,23,26). The monoisotopic (exact) mass is 363 g/mol. The molecular formula is C19H30FN5O. The number of nitrogens with one attached hydrogen (secondary N) is 2. The molecule has 0 aliphatic carbocycles. The molecule has 1 heterocycles. The van der Waals surface area contributed by atoms with E-state index in [9.17, 15) is 9.18 Å². The number of aliphatic imine (C=N–C) groups is 1. The van der Waals surface area contributed by atoms with Crippen LogP contribution in [0.5, 0.6) is 0 Å². The minimum Gasteiger partial charge on any atom is -0.368 e. The van der Waals surface area contributed by atoms with Crippen molar-refractivity contribution < 1.29 is 9.18 Å². The largest absolute Gasteiger partial charge is 0.368 e. The number of hydrogen-bond donors (Lipinski definition) is 2. The van der Waals surface area contributed by atoms with E-state index < -0.39 is 0 Å². The summed E-state index contributed by atoms with van der Waals surface area (Å²) in [6.45, 7) is 10.6. The van der Waals surface area contributed by atoms with E-state index in [0.29, 0.717) is 13.0 Å². The van der Waals surface area contributed by atoms with E-state index in [1.807, 2.05) is 32.9 Å². The number of nitrogens with zero attached hydrogens (tertiary/aromatic N) is 3. The van der Waals surface area contributed by atoms with Gasteiger partial charge >= 0.3 is 0 Å². The van der Waals surface area contributed by atoms with Gasteiger partial charge in [-0.15, -0.1) is 0 Å². The van der Waals surface area contributed by atoms with Crippen molar-refractivity contribution in [3.8, 4) is 0 Å². The summed E-state index contributed by atoms with van der Waals surface area (Å²) in [5.74, 6) is 0.666. The maximum atomic E-state index is 13.1. The van der Waals surface area contributed by atoms with Crippen molar-refractivity contribution >= 4 is 17.6 Å². The van der Waals surface area contributed by atoms with E-state index in [1.165, 1.54) is 12.1 Å². The van der Waals surface area contributed by atoms with Crippen LogP contribution in [0.25, 0.3) is 0 Å². The van der Waals surface area contributed by atoms with Gasteiger partial charge < -0.3 is 20.4 Å². The van der Waals surface area contributed by atoms with Crippen molar-refractivity contribution in [3.63, 3.8) is 0 Å². The molecule has 144 valence electrons. The first-order valence-corrected chi connectivity index (χ1v) is 9.32. The summed E-state index contributed by atoms with van der Waals surface area (Å²) in [5, 5.41) is 6.19. The molecule has 0 saturated carbocycles. The molecule has 7 heteroatoms. The fourth-order valence-corrected chi connectivity index (χ4v) is 2.91. The summed E-state index contributed by atoms with van der Waals surface area (Å²) in [6, 6.07) is 6.78. The molecular weight excluding hydrogens is 333 g/mol. The molecule has 1 saturated heterocycles. The van der Waals surface area contributed by atoms with Crippen molar-refractivity contribution in [3.05, 3.63) is 30.1 Å². The van der Waals surface area contributed by atoms with Gasteiger partial charge in [-0.3, -0.25) is 9.79 Å². The third-order valence-corrected chi connectivity index (χ3v) is 4.16. The molecule has 6 nitrogen and oxygen atoms in total. The quantitative estimate of drug-likeness (QED) is 0.598. The molecule has 1 aromatic carbocycles. The number of hydrogen-bond acceptors (Lipinski definition) is 3. The highest BCUT2D eigenvalue weighted by Gasteiger charge is 2.19. The second kappa shape index (κ2) is 9.99. The van der Waals surface area contributed by atoms with Crippen molar-refractivity contribution in [1.29, 1.82) is 0 Å². The fourth-order valence-electron chi connectivity index (χ4n) is 2.91. The third-order valence-electron chi connectivity index (χ3n) is 4.16. The Morgan fingerprint density at radius 1 is 1.19 bits per heavy atom. The molecule has 26 heavy (non-hydrogen) atoms. The molecule has 1 fully saturated rings. The van der Waals surface area contributed by atoms with Gasteiger partial charge in [-0.1, -0.05) is 0 Å². The van der Waals surface area contributed by atoms with Crippen LogP contribution in [0.1, 0.15) is 27.2 Å². The normalized spacial score (nSPS) is 15.3. The molecule has 2 N–H and O–H groups in total. The molecule has 0 bridgehead atoms. The van der Waals surface area contributed by atoms with Crippen LogP contribution in [0, 0.1) is 5.82 Å². The van der Waals surface area contributed by atoms with Gasteiger partial charge in [-0.25, -0.2) is 4.39 Å². The van der Waals surface area contributed by atoms with Gasteiger partial charge in [0.2, 0.25) is 5.91 Å². The van der Waals surface area contributed by atoms with Crippen LogP contribution in [-0.4, -0.2) is 62.1 Å². The number of rotatable bonds is 6. The highest BCUT2D eigenvalue weighted by molar-refractivity contribution is 5.81. The van der Waals surface area contributed by atoms with E-state index in [0.717, 1.165) is 44.4 Å². The lowest BCUT2D eigenvalue weighted by molar-refractivity contribution is -0.121. The first kappa shape index (κ1) is 20.0. The Balaban J connectivity index is 1.87. The lowest BCUT2D eigenvalue weighted by atomic mass is 10.2. The Morgan fingerprint density at radius 3 is 2.42 bits per heavy atom. The Morgan fingerprint density at radius 2 is 1.85 bits per heavy atom. The second-order valence-corrected chi connectivity index (χ2v) is 6.66. The van der Waals surface area contributed by atoms with Crippen LogP contribution in [0.2, 0.25) is 0 Å². The first-order chi connectivity index (χ1) is 12.5. The number of piperazine rings is 1. The van der Waals surface area contributed by atoms with E-state index in [2.05, 4.69) is 25.4 Å². The number of carbonyl (C=O) groups excluding carboxylic acids is 1. The maximum absolute atomic E-state index is 13.1. The summed E-state index contributed by atoms with van der Waals surface area (Å²) in [4.78, 5) is 20.8. The molecule has 0 atom stereocenters. The summed E-state index contributed by atoms with van der Waals surface area (Å²) in [7, 11) is 0. The second-order valence-electron chi connectivity index (χ2n) is 6.66. The smallest absolute Gasteiger partial charge is 0.222 e. The van der Waals surface area contributed by atoms with Crippen LogP contribution in [0.15, 0.2) is 29.3 Å². The predicted molar refractivity (Wildman–Crippen MR) is 104 cm³/mol. The van der Waals surface area contributed by atoms with E-state index >= 15 is 0 Å². The number of carbonyl (C=O) groups is 1. The molecule has 1 amide bonds. The van der Waals surface area contributed by atoms with Crippen LogP contribution < -0.4 is 15.5 Å². The molecule has 1 aliphatic rings. The van der Waals surface area contributed by atoms with Crippen molar-refractivity contribution in [2.45, 2.75) is 33.2 Å². The Hall–Kier alpha value is -2.31. The number of anilines is 1. The van der Waals surface area contributed by atoms with Gasteiger partial charge in [0.15, 0.2) is 5.96 Å². The predicted octanol–water partition coefficient (Wildman–Crippen LogP) is 1.83. The summed E-state index contributed by atoms with van der Waals surface area (Å²) >= 11 is 0. The zero-order chi connectivity index (χ0) is 18.9. The molecule has 0 unspecified atom stereocenters. The van der Waals surface area contributed by atoms with Crippen LogP contribution >= 0.6 is 0 Å². The van der Waals surface area contributed by atoms with Crippen molar-refractivity contribution in [2.24, 2.45) is 4.99 Å². The zero-order valence-electron chi connectivity index (χ0n) is 16.0. The molecule has 1 aromatic rings. The molecule has 0 spiro atoms. The van der Waals surface area contributed by atoms with E-state index in [1.54, 1.807) is 0 Å². The minimum atomic E-state index is -0.213. The number of amides is 1. The Labute approximate surface area is 155 Å². The average Bonchev–Trinajstić information content (AvgIpc) is 2.61. The van der Waals surface area contributed by atoms with Crippen LogP contribution in [0.3, 0.4) is 0 Å². The third kappa shape index (κ3) is 6.20. The van der Waals surface area contributed by atoms with Gasteiger partial charge in [0, 0.05) is 50.9 Å². The van der Waals surface area contributed by atoms with Crippen molar-refractivity contribution in [1.82, 2.24) is 15.5 Å². The SMILES string of the molecule is CCNC(=NCCC(=O)NC(C)C)N1CCN(c2ccc(F)cc2)CC1. The fraction of sp³-hybridized carbons (Fsp3) is 0.579. The van der Waals surface area contributed by atoms with E-state index in [4.69, 9.17) is 0 Å². The van der Waals surface area contributed by atoms with Crippen LogP contribution in [0.4, 0.5) is 10.1 Å². The Kier molecular flexibility index (Phi) is 7.69. The highest BCUT2D eigenvalue weighted by Crippen LogP contribution is 2.16. The van der Waals surface area contributed by atoms with Crippen LogP contribution in [-0.2, 0) is 4.79 Å². The Bertz CT molecular complexity index is 594. The molecule has 0 radical (unpaired) electrons. The van der Waals surface area contributed by atoms with Gasteiger partial charge in [0.1, 0.15) is 5.82 Å². The summed E-state index contributed by atoms with van der Waals surface area (Å²) in [6.07, 6.45) is 0.391. The lowest BCUT2D eigenvalue weighted by Crippen LogP contribution is -2.52. The zero-order valence-corrected chi connectivity index (χ0v) is 16.0. The topological polar surface area (TPSA) is 60.0 Å². The van der Waals surface area contributed by atoms with Gasteiger partial charge in [-0.2, -0.15) is 0 Å². The van der Waals surface area contributed by atoms with Gasteiger partial charge in [0.05, 0.1) is 6.54 Å². The maximum Gasteiger partial charge on any atom is 0.222 e. The molecule has 0 aromatic heterocycles.